The van der Waals surface area contributed by atoms with E-state index in [0.717, 1.165) is 18.5 Å². The molecule has 0 bridgehead atoms. The van der Waals surface area contributed by atoms with Gasteiger partial charge in [-0.05, 0) is 24.3 Å². The number of nitrogens with zero attached hydrogens (tertiary/aromatic N) is 2. The molecule has 0 aromatic carbocycles. The van der Waals surface area contributed by atoms with Gasteiger partial charge in [-0.3, -0.25) is 4.68 Å². The van der Waals surface area contributed by atoms with Crippen LogP contribution in [0.5, 0.6) is 0 Å². The number of aromatic nitrogens is 2. The van der Waals surface area contributed by atoms with Gasteiger partial charge in [0.15, 0.2) is 0 Å². The Hall–Kier alpha value is -0.830. The van der Waals surface area contributed by atoms with Gasteiger partial charge in [0.25, 0.3) is 0 Å². The molecule has 0 fully saturated rings. The molecule has 80 valence electrons. The Labute approximate surface area is 85.8 Å². The van der Waals surface area contributed by atoms with Gasteiger partial charge < -0.3 is 5.11 Å². The first-order valence-electron chi connectivity index (χ1n) is 5.06. The molecule has 0 saturated carbocycles. The maximum absolute atomic E-state index is 9.82. The maximum atomic E-state index is 9.82. The lowest BCUT2D eigenvalue weighted by Gasteiger charge is -2.19. The van der Waals surface area contributed by atoms with Crippen LogP contribution in [0, 0.1) is 5.41 Å². The lowest BCUT2D eigenvalue weighted by atomic mass is 9.89. The topological polar surface area (TPSA) is 38.0 Å². The number of hydrogen-bond acceptors (Lipinski definition) is 2. The van der Waals surface area contributed by atoms with Crippen molar-refractivity contribution in [3.8, 4) is 0 Å². The number of aliphatic hydroxyl groups is 1. The van der Waals surface area contributed by atoms with Crippen LogP contribution in [0.1, 0.15) is 45.4 Å². The van der Waals surface area contributed by atoms with E-state index in [9.17, 15) is 5.11 Å². The summed E-state index contributed by atoms with van der Waals surface area (Å²) in [5.41, 5.74) is 1.05. The Morgan fingerprint density at radius 2 is 2.14 bits per heavy atom. The summed E-state index contributed by atoms with van der Waals surface area (Å²) in [4.78, 5) is 0. The molecule has 1 heterocycles. The standard InChI is InChI=1S/C11H20N2O/c1-11(2,3)7-5-10(14)9-6-8-13(4)12-9/h6,8,10,14H,5,7H2,1-4H3. The number of aryl methyl sites for hydroxylation is 1. The molecular weight excluding hydrogens is 176 g/mol. The third kappa shape index (κ3) is 3.50. The molecule has 0 aliphatic heterocycles. The first kappa shape index (κ1) is 11.2. The van der Waals surface area contributed by atoms with Crippen molar-refractivity contribution in [2.24, 2.45) is 12.5 Å². The summed E-state index contributed by atoms with van der Waals surface area (Å²) in [6.07, 6.45) is 3.22. The van der Waals surface area contributed by atoms with Gasteiger partial charge in [-0.15, -0.1) is 0 Å². The third-order valence-electron chi connectivity index (χ3n) is 2.24. The van der Waals surface area contributed by atoms with E-state index in [1.54, 1.807) is 4.68 Å². The van der Waals surface area contributed by atoms with E-state index in [-0.39, 0.29) is 5.41 Å². The zero-order valence-electron chi connectivity index (χ0n) is 9.49. The molecular formula is C11H20N2O. The normalized spacial score (nSPS) is 14.4. The van der Waals surface area contributed by atoms with Gasteiger partial charge in [0.1, 0.15) is 0 Å². The van der Waals surface area contributed by atoms with Crippen LogP contribution in [0.4, 0.5) is 0 Å². The molecule has 0 aliphatic carbocycles. The van der Waals surface area contributed by atoms with E-state index < -0.39 is 6.10 Å². The highest BCUT2D eigenvalue weighted by atomic mass is 16.3. The van der Waals surface area contributed by atoms with Crippen LogP contribution >= 0.6 is 0 Å². The van der Waals surface area contributed by atoms with Gasteiger partial charge >= 0.3 is 0 Å². The molecule has 0 saturated heterocycles. The van der Waals surface area contributed by atoms with Gasteiger partial charge in [0, 0.05) is 13.2 Å². The molecule has 1 aromatic heterocycles. The van der Waals surface area contributed by atoms with Crippen molar-refractivity contribution in [1.82, 2.24) is 9.78 Å². The summed E-state index contributed by atoms with van der Waals surface area (Å²) < 4.78 is 1.72. The van der Waals surface area contributed by atoms with Crippen molar-refractivity contribution in [2.75, 3.05) is 0 Å². The molecule has 1 N–H and O–H groups in total. The first-order valence-corrected chi connectivity index (χ1v) is 5.06. The molecule has 0 radical (unpaired) electrons. The predicted molar refractivity (Wildman–Crippen MR) is 56.9 cm³/mol. The van der Waals surface area contributed by atoms with E-state index in [1.165, 1.54) is 0 Å². The molecule has 0 aliphatic rings. The van der Waals surface area contributed by atoms with Gasteiger partial charge in [-0.1, -0.05) is 20.8 Å². The average molecular weight is 196 g/mol. The highest BCUT2D eigenvalue weighted by Crippen LogP contribution is 2.26. The second kappa shape index (κ2) is 4.13. The molecule has 1 atom stereocenters. The second-order valence-electron chi connectivity index (χ2n) is 5.03. The van der Waals surface area contributed by atoms with Crippen LogP contribution in [0.15, 0.2) is 12.3 Å². The predicted octanol–water partition coefficient (Wildman–Crippen LogP) is 2.28. The third-order valence-corrected chi connectivity index (χ3v) is 2.24. The Bertz CT molecular complexity index is 286. The van der Waals surface area contributed by atoms with Gasteiger partial charge in [0.2, 0.25) is 0 Å². The fraction of sp³-hybridized carbons (Fsp3) is 0.727. The monoisotopic (exact) mass is 196 g/mol. The number of aliphatic hydroxyl groups excluding tert-OH is 1. The maximum Gasteiger partial charge on any atom is 0.0978 e. The summed E-state index contributed by atoms with van der Waals surface area (Å²) in [6.45, 7) is 6.54. The van der Waals surface area contributed by atoms with E-state index in [4.69, 9.17) is 0 Å². The van der Waals surface area contributed by atoms with Crippen molar-refractivity contribution in [3.63, 3.8) is 0 Å². The van der Waals surface area contributed by atoms with E-state index in [2.05, 4.69) is 25.9 Å². The Kier molecular flexibility index (Phi) is 3.32. The van der Waals surface area contributed by atoms with E-state index in [1.807, 2.05) is 19.3 Å². The lowest BCUT2D eigenvalue weighted by molar-refractivity contribution is 0.143. The molecule has 1 aromatic rings. The number of hydrogen-bond donors (Lipinski definition) is 1. The van der Waals surface area contributed by atoms with Gasteiger partial charge in [-0.2, -0.15) is 5.10 Å². The highest BCUT2D eigenvalue weighted by Gasteiger charge is 2.16. The van der Waals surface area contributed by atoms with Crippen LogP contribution in [-0.2, 0) is 7.05 Å². The average Bonchev–Trinajstić information content (AvgIpc) is 2.46. The Morgan fingerprint density at radius 3 is 2.57 bits per heavy atom. The number of rotatable bonds is 3. The smallest absolute Gasteiger partial charge is 0.0978 e. The summed E-state index contributed by atoms with van der Waals surface area (Å²) >= 11 is 0. The van der Waals surface area contributed by atoms with Crippen molar-refractivity contribution in [1.29, 1.82) is 0 Å². The summed E-state index contributed by atoms with van der Waals surface area (Å²) in [6, 6.07) is 1.87. The van der Waals surface area contributed by atoms with Crippen molar-refractivity contribution < 1.29 is 5.11 Å². The molecule has 1 unspecified atom stereocenters. The quantitative estimate of drug-likeness (QED) is 0.805. The molecule has 3 nitrogen and oxygen atoms in total. The fourth-order valence-electron chi connectivity index (χ4n) is 1.33. The van der Waals surface area contributed by atoms with Crippen molar-refractivity contribution in [2.45, 2.75) is 39.7 Å². The van der Waals surface area contributed by atoms with Gasteiger partial charge in [-0.25, -0.2) is 0 Å². The molecule has 14 heavy (non-hydrogen) atoms. The van der Waals surface area contributed by atoms with Crippen LogP contribution < -0.4 is 0 Å². The zero-order valence-corrected chi connectivity index (χ0v) is 9.49. The summed E-state index contributed by atoms with van der Waals surface area (Å²) in [7, 11) is 1.86. The van der Waals surface area contributed by atoms with Crippen molar-refractivity contribution >= 4 is 0 Å². The summed E-state index contributed by atoms with van der Waals surface area (Å²) in [5.74, 6) is 0. The zero-order chi connectivity index (χ0) is 10.8. The molecule has 0 amide bonds. The van der Waals surface area contributed by atoms with Crippen molar-refractivity contribution in [3.05, 3.63) is 18.0 Å². The van der Waals surface area contributed by atoms with E-state index >= 15 is 0 Å². The van der Waals surface area contributed by atoms with Gasteiger partial charge in [0.05, 0.1) is 11.8 Å². The molecule has 1 rings (SSSR count). The van der Waals surface area contributed by atoms with Crippen LogP contribution in [0.2, 0.25) is 0 Å². The van der Waals surface area contributed by atoms with Crippen LogP contribution in [-0.4, -0.2) is 14.9 Å². The minimum atomic E-state index is -0.421. The van der Waals surface area contributed by atoms with Crippen LogP contribution in [0.25, 0.3) is 0 Å². The first-order chi connectivity index (χ1) is 6.38. The second-order valence-corrected chi connectivity index (χ2v) is 5.03. The summed E-state index contributed by atoms with van der Waals surface area (Å²) in [5, 5.41) is 14.0. The SMILES string of the molecule is Cn1ccc(C(O)CCC(C)(C)C)n1. The van der Waals surface area contributed by atoms with Crippen LogP contribution in [0.3, 0.4) is 0 Å². The minimum Gasteiger partial charge on any atom is -0.387 e. The molecule has 0 spiro atoms. The molecule has 3 heteroatoms. The Morgan fingerprint density at radius 1 is 1.50 bits per heavy atom. The minimum absolute atomic E-state index is 0.274. The Balaban J connectivity index is 2.47. The lowest BCUT2D eigenvalue weighted by Crippen LogP contribution is -2.08. The largest absolute Gasteiger partial charge is 0.387 e. The highest BCUT2D eigenvalue weighted by molar-refractivity contribution is 5.02. The fourth-order valence-corrected chi connectivity index (χ4v) is 1.33. The van der Waals surface area contributed by atoms with E-state index in [0.29, 0.717) is 0 Å².